The van der Waals surface area contributed by atoms with Crippen molar-refractivity contribution in [3.8, 4) is 0 Å². The Labute approximate surface area is 77.6 Å². The first-order chi connectivity index (χ1) is 5.18. The molecule has 2 rings (SSSR count). The molecule has 1 heterocycles. The molecule has 0 amide bonds. The second-order valence-corrected chi connectivity index (χ2v) is 5.21. The van der Waals surface area contributed by atoms with Crippen LogP contribution in [0.3, 0.4) is 0 Å². The molecule has 0 aromatic rings. The number of alkyl halides is 2. The second kappa shape index (κ2) is 2.79. The molecular weight excluding hydrogens is 181 g/mol. The Morgan fingerprint density at radius 3 is 2.27 bits per heavy atom. The van der Waals surface area contributed by atoms with Crippen LogP contribution in [0.2, 0.25) is 0 Å². The topological polar surface area (TPSA) is 3.24 Å². The fourth-order valence-corrected chi connectivity index (χ4v) is 2.26. The Bertz CT molecular complexity index is 149. The number of rotatable bonds is 2. The van der Waals surface area contributed by atoms with E-state index in [1.165, 1.54) is 25.9 Å². The van der Waals surface area contributed by atoms with Gasteiger partial charge in [0, 0.05) is 12.5 Å². The van der Waals surface area contributed by atoms with Crippen LogP contribution < -0.4 is 0 Å². The van der Waals surface area contributed by atoms with Gasteiger partial charge in [-0.1, -0.05) is 0 Å². The lowest BCUT2D eigenvalue weighted by molar-refractivity contribution is 0.323. The van der Waals surface area contributed by atoms with Gasteiger partial charge in [-0.15, -0.1) is 23.2 Å². The highest BCUT2D eigenvalue weighted by Crippen LogP contribution is 2.53. The van der Waals surface area contributed by atoms with Gasteiger partial charge in [0.25, 0.3) is 0 Å². The summed E-state index contributed by atoms with van der Waals surface area (Å²) in [6.07, 6.45) is 3.70. The van der Waals surface area contributed by atoms with Gasteiger partial charge in [-0.05, 0) is 32.4 Å². The molecule has 0 radical (unpaired) electrons. The molecule has 1 saturated carbocycles. The molecule has 0 bridgehead atoms. The van der Waals surface area contributed by atoms with Crippen LogP contribution >= 0.6 is 23.2 Å². The molecule has 2 fully saturated rings. The highest BCUT2D eigenvalue weighted by atomic mass is 35.5. The Balaban J connectivity index is 1.75. The molecule has 2 aliphatic rings. The fraction of sp³-hybridized carbons (Fsp3) is 1.00. The highest BCUT2D eigenvalue weighted by Gasteiger charge is 2.51. The number of likely N-dealkylation sites (tertiary alicyclic amines) is 1. The van der Waals surface area contributed by atoms with E-state index in [4.69, 9.17) is 23.2 Å². The van der Waals surface area contributed by atoms with E-state index >= 15 is 0 Å². The molecule has 0 N–H and O–H groups in total. The summed E-state index contributed by atoms with van der Waals surface area (Å²) in [4.78, 5) is 2.47. The zero-order chi connectivity index (χ0) is 7.90. The second-order valence-electron chi connectivity index (χ2n) is 3.67. The Kier molecular flexibility index (Phi) is 2.07. The summed E-state index contributed by atoms with van der Waals surface area (Å²) < 4.78 is -0.372. The average Bonchev–Trinajstić information content (AvgIpc) is 2.42. The summed E-state index contributed by atoms with van der Waals surface area (Å²) in [6, 6.07) is 0. The van der Waals surface area contributed by atoms with Crippen LogP contribution in [0.4, 0.5) is 0 Å². The minimum atomic E-state index is -0.372. The first kappa shape index (κ1) is 8.15. The van der Waals surface area contributed by atoms with Gasteiger partial charge < -0.3 is 4.90 Å². The summed E-state index contributed by atoms with van der Waals surface area (Å²) >= 11 is 11.8. The monoisotopic (exact) mass is 193 g/mol. The van der Waals surface area contributed by atoms with Crippen LogP contribution in [0.5, 0.6) is 0 Å². The largest absolute Gasteiger partial charge is 0.303 e. The smallest absolute Gasteiger partial charge is 0.122 e. The van der Waals surface area contributed by atoms with Gasteiger partial charge in [0.1, 0.15) is 4.33 Å². The molecule has 0 unspecified atom stereocenters. The molecule has 1 aliphatic heterocycles. The minimum Gasteiger partial charge on any atom is -0.303 e. The lowest BCUT2D eigenvalue weighted by Gasteiger charge is -2.13. The van der Waals surface area contributed by atoms with Crippen molar-refractivity contribution in [2.24, 2.45) is 5.92 Å². The van der Waals surface area contributed by atoms with E-state index in [0.29, 0.717) is 5.92 Å². The van der Waals surface area contributed by atoms with Gasteiger partial charge in [-0.3, -0.25) is 0 Å². The SMILES string of the molecule is ClC1(Cl)C[C@@H]1CN1CCCC1. The number of halogens is 2. The van der Waals surface area contributed by atoms with Gasteiger partial charge in [0.05, 0.1) is 0 Å². The third-order valence-electron chi connectivity index (χ3n) is 2.63. The highest BCUT2D eigenvalue weighted by molar-refractivity contribution is 6.50. The number of nitrogens with zero attached hydrogens (tertiary/aromatic N) is 1. The van der Waals surface area contributed by atoms with Gasteiger partial charge in [0.2, 0.25) is 0 Å². The number of hydrogen-bond donors (Lipinski definition) is 0. The maximum absolute atomic E-state index is 5.92. The summed E-state index contributed by atoms with van der Waals surface area (Å²) in [5.74, 6) is 0.545. The van der Waals surface area contributed by atoms with Gasteiger partial charge >= 0.3 is 0 Å². The zero-order valence-electron chi connectivity index (χ0n) is 6.52. The normalized spacial score (nSPS) is 36.0. The van der Waals surface area contributed by atoms with Crippen LogP contribution in [0, 0.1) is 5.92 Å². The van der Waals surface area contributed by atoms with Crippen molar-refractivity contribution in [3.05, 3.63) is 0 Å². The molecule has 1 saturated heterocycles. The van der Waals surface area contributed by atoms with Crippen molar-refractivity contribution in [3.63, 3.8) is 0 Å². The quantitative estimate of drug-likeness (QED) is 0.609. The van der Waals surface area contributed by atoms with E-state index in [-0.39, 0.29) is 4.33 Å². The van der Waals surface area contributed by atoms with E-state index in [1.54, 1.807) is 0 Å². The molecule has 1 aliphatic carbocycles. The van der Waals surface area contributed by atoms with E-state index in [0.717, 1.165) is 13.0 Å². The Hall–Kier alpha value is 0.540. The fourth-order valence-electron chi connectivity index (χ4n) is 1.74. The summed E-state index contributed by atoms with van der Waals surface area (Å²) in [5, 5.41) is 0. The van der Waals surface area contributed by atoms with E-state index in [2.05, 4.69) is 4.90 Å². The summed E-state index contributed by atoms with van der Waals surface area (Å²) in [5.41, 5.74) is 0. The van der Waals surface area contributed by atoms with E-state index < -0.39 is 0 Å². The van der Waals surface area contributed by atoms with Crippen LogP contribution in [-0.4, -0.2) is 28.9 Å². The third-order valence-corrected chi connectivity index (χ3v) is 3.56. The molecule has 0 aromatic heterocycles. The van der Waals surface area contributed by atoms with Crippen LogP contribution in [0.15, 0.2) is 0 Å². The molecule has 1 nitrogen and oxygen atoms in total. The van der Waals surface area contributed by atoms with E-state index in [1.807, 2.05) is 0 Å². The predicted molar refractivity (Wildman–Crippen MR) is 48.2 cm³/mol. The standard InChI is InChI=1S/C8H13Cl2N/c9-8(10)5-7(8)6-11-3-1-2-4-11/h7H,1-6H2/t7-/m1/s1. The molecule has 0 aromatic carbocycles. The van der Waals surface area contributed by atoms with Crippen molar-refractivity contribution >= 4 is 23.2 Å². The van der Waals surface area contributed by atoms with Crippen molar-refractivity contribution in [2.75, 3.05) is 19.6 Å². The van der Waals surface area contributed by atoms with Crippen molar-refractivity contribution in [1.82, 2.24) is 4.90 Å². The van der Waals surface area contributed by atoms with Crippen molar-refractivity contribution < 1.29 is 0 Å². The maximum Gasteiger partial charge on any atom is 0.122 e. The molecule has 11 heavy (non-hydrogen) atoms. The van der Waals surface area contributed by atoms with Crippen molar-refractivity contribution in [2.45, 2.75) is 23.6 Å². The first-order valence-electron chi connectivity index (χ1n) is 4.29. The lowest BCUT2D eigenvalue weighted by atomic mass is 10.4. The molecule has 64 valence electrons. The predicted octanol–water partition coefficient (Wildman–Crippen LogP) is 2.28. The van der Waals surface area contributed by atoms with Crippen LogP contribution in [0.1, 0.15) is 19.3 Å². The van der Waals surface area contributed by atoms with Crippen LogP contribution in [-0.2, 0) is 0 Å². The van der Waals surface area contributed by atoms with Gasteiger partial charge in [-0.25, -0.2) is 0 Å². The van der Waals surface area contributed by atoms with Gasteiger partial charge in [-0.2, -0.15) is 0 Å². The third kappa shape index (κ3) is 1.82. The Morgan fingerprint density at radius 1 is 1.27 bits per heavy atom. The summed E-state index contributed by atoms with van der Waals surface area (Å²) in [6.45, 7) is 3.62. The Morgan fingerprint density at radius 2 is 1.82 bits per heavy atom. The molecule has 1 atom stereocenters. The first-order valence-corrected chi connectivity index (χ1v) is 5.04. The number of hydrogen-bond acceptors (Lipinski definition) is 1. The van der Waals surface area contributed by atoms with Crippen LogP contribution in [0.25, 0.3) is 0 Å². The zero-order valence-corrected chi connectivity index (χ0v) is 8.03. The van der Waals surface area contributed by atoms with Crippen molar-refractivity contribution in [1.29, 1.82) is 0 Å². The molecule has 3 heteroatoms. The van der Waals surface area contributed by atoms with E-state index in [9.17, 15) is 0 Å². The maximum atomic E-state index is 5.92. The molecular formula is C8H13Cl2N. The molecule has 0 spiro atoms. The lowest BCUT2D eigenvalue weighted by Crippen LogP contribution is -2.23. The minimum absolute atomic E-state index is 0.372. The summed E-state index contributed by atoms with van der Waals surface area (Å²) in [7, 11) is 0. The average molecular weight is 194 g/mol. The van der Waals surface area contributed by atoms with Gasteiger partial charge in [0.15, 0.2) is 0 Å².